The first kappa shape index (κ1) is 24.5. The average Bonchev–Trinajstić information content (AvgIpc) is 2.75. The van der Waals surface area contributed by atoms with Gasteiger partial charge in [0.25, 0.3) is 5.91 Å². The summed E-state index contributed by atoms with van der Waals surface area (Å²) < 4.78 is 15.8. The maximum atomic E-state index is 12.4. The van der Waals surface area contributed by atoms with Gasteiger partial charge >= 0.3 is 5.97 Å². The van der Waals surface area contributed by atoms with Gasteiger partial charge in [-0.05, 0) is 38.0 Å². The van der Waals surface area contributed by atoms with Crippen LogP contribution >= 0.6 is 0 Å². The number of carbonyl (C=O) groups excluding carboxylic acids is 3. The zero-order chi connectivity index (χ0) is 23.2. The van der Waals surface area contributed by atoms with Crippen LogP contribution in [-0.4, -0.2) is 56.6 Å². The van der Waals surface area contributed by atoms with Gasteiger partial charge in [0.1, 0.15) is 11.5 Å². The Morgan fingerprint density at radius 3 is 2.32 bits per heavy atom. The Bertz CT molecular complexity index is 794. The van der Waals surface area contributed by atoms with E-state index in [4.69, 9.17) is 14.2 Å². The van der Waals surface area contributed by atoms with E-state index < -0.39 is 17.3 Å². The fourth-order valence-corrected chi connectivity index (χ4v) is 3.59. The Morgan fingerprint density at radius 2 is 1.77 bits per heavy atom. The minimum absolute atomic E-state index is 0.0839. The van der Waals surface area contributed by atoms with Crippen LogP contribution in [0.5, 0.6) is 11.5 Å². The number of ether oxygens (including phenoxy) is 3. The Kier molecular flexibility index (Phi) is 8.30. The van der Waals surface area contributed by atoms with Crippen molar-refractivity contribution in [1.82, 2.24) is 10.2 Å². The van der Waals surface area contributed by atoms with Crippen LogP contribution in [0.4, 0.5) is 0 Å². The molecule has 8 heteroatoms. The molecule has 1 saturated heterocycles. The molecule has 0 aromatic heterocycles. The number of likely N-dealkylation sites (tertiary alicyclic amines) is 1. The molecule has 1 unspecified atom stereocenters. The lowest BCUT2D eigenvalue weighted by Gasteiger charge is -2.34. The standard InChI is InChI=1S/C23H34N2O6/c1-15(18-13-17(29-5)7-8-19(18)30-6)24-20(26)14-31-21(27)16-9-11-25(12-10-16)22(28)23(2,3)4/h7-8,13,15-16H,9-12,14H2,1-6H3,(H,24,26). The fraction of sp³-hybridized carbons (Fsp3) is 0.609. The molecule has 172 valence electrons. The number of rotatable bonds is 7. The maximum Gasteiger partial charge on any atom is 0.309 e. The van der Waals surface area contributed by atoms with E-state index in [2.05, 4.69) is 5.32 Å². The fourth-order valence-electron chi connectivity index (χ4n) is 3.59. The number of hydrogen-bond acceptors (Lipinski definition) is 6. The van der Waals surface area contributed by atoms with E-state index in [0.717, 1.165) is 5.56 Å². The van der Waals surface area contributed by atoms with Gasteiger partial charge in [-0.2, -0.15) is 0 Å². The van der Waals surface area contributed by atoms with Gasteiger partial charge < -0.3 is 24.4 Å². The predicted octanol–water partition coefficient (Wildman–Crippen LogP) is 2.71. The smallest absolute Gasteiger partial charge is 0.309 e. The largest absolute Gasteiger partial charge is 0.497 e. The molecule has 1 heterocycles. The summed E-state index contributed by atoms with van der Waals surface area (Å²) in [4.78, 5) is 38.8. The van der Waals surface area contributed by atoms with Crippen molar-refractivity contribution in [2.45, 2.75) is 46.6 Å². The molecule has 1 aromatic rings. The summed E-state index contributed by atoms with van der Waals surface area (Å²) in [7, 11) is 3.12. The molecule has 1 aliphatic rings. The number of piperidine rings is 1. The van der Waals surface area contributed by atoms with Gasteiger partial charge in [0.15, 0.2) is 6.61 Å². The average molecular weight is 435 g/mol. The minimum Gasteiger partial charge on any atom is -0.497 e. The second-order valence-electron chi connectivity index (χ2n) is 8.82. The predicted molar refractivity (Wildman–Crippen MR) is 116 cm³/mol. The third kappa shape index (κ3) is 6.60. The Morgan fingerprint density at radius 1 is 1.13 bits per heavy atom. The van der Waals surface area contributed by atoms with Crippen molar-refractivity contribution in [3.63, 3.8) is 0 Å². The van der Waals surface area contributed by atoms with Crippen LogP contribution in [0.3, 0.4) is 0 Å². The molecular formula is C23H34N2O6. The number of hydrogen-bond donors (Lipinski definition) is 1. The van der Waals surface area contributed by atoms with Crippen LogP contribution in [-0.2, 0) is 19.1 Å². The third-order valence-corrected chi connectivity index (χ3v) is 5.38. The Hall–Kier alpha value is -2.77. The SMILES string of the molecule is COc1ccc(OC)c(C(C)NC(=O)COC(=O)C2CCN(C(=O)C(C)(C)C)CC2)c1. The topological polar surface area (TPSA) is 94.2 Å². The molecule has 8 nitrogen and oxygen atoms in total. The highest BCUT2D eigenvalue weighted by atomic mass is 16.5. The summed E-state index contributed by atoms with van der Waals surface area (Å²) in [5, 5.41) is 2.81. The summed E-state index contributed by atoms with van der Waals surface area (Å²) in [6, 6.07) is 4.98. The highest BCUT2D eigenvalue weighted by molar-refractivity contribution is 5.83. The Labute approximate surface area is 184 Å². The number of esters is 1. The van der Waals surface area contributed by atoms with Gasteiger partial charge in [-0.1, -0.05) is 20.8 Å². The van der Waals surface area contributed by atoms with E-state index >= 15 is 0 Å². The first-order valence-electron chi connectivity index (χ1n) is 10.5. The zero-order valence-electron chi connectivity index (χ0n) is 19.3. The van der Waals surface area contributed by atoms with Crippen molar-refractivity contribution in [1.29, 1.82) is 0 Å². The lowest BCUT2D eigenvalue weighted by Crippen LogP contribution is -2.45. The van der Waals surface area contributed by atoms with E-state index in [0.29, 0.717) is 37.4 Å². The van der Waals surface area contributed by atoms with Crippen molar-refractivity contribution >= 4 is 17.8 Å². The van der Waals surface area contributed by atoms with E-state index in [-0.39, 0.29) is 24.5 Å². The molecule has 1 aromatic carbocycles. The quantitative estimate of drug-likeness (QED) is 0.663. The van der Waals surface area contributed by atoms with Crippen molar-refractivity contribution in [3.8, 4) is 11.5 Å². The third-order valence-electron chi connectivity index (χ3n) is 5.38. The molecule has 2 amide bonds. The van der Waals surface area contributed by atoms with Crippen molar-refractivity contribution < 1.29 is 28.6 Å². The molecule has 0 radical (unpaired) electrons. The molecule has 0 bridgehead atoms. The highest BCUT2D eigenvalue weighted by Crippen LogP contribution is 2.29. The molecule has 1 atom stereocenters. The van der Waals surface area contributed by atoms with Crippen LogP contribution in [0.1, 0.15) is 52.1 Å². The summed E-state index contributed by atoms with van der Waals surface area (Å²) in [6.45, 7) is 8.17. The van der Waals surface area contributed by atoms with Crippen molar-refractivity contribution in [3.05, 3.63) is 23.8 Å². The molecule has 1 fully saturated rings. The molecule has 0 spiro atoms. The number of carbonyl (C=O) groups is 3. The second kappa shape index (κ2) is 10.5. The lowest BCUT2D eigenvalue weighted by atomic mass is 9.91. The summed E-state index contributed by atoms with van der Waals surface area (Å²) >= 11 is 0. The molecule has 1 aliphatic heterocycles. The number of methoxy groups -OCH3 is 2. The molecular weight excluding hydrogens is 400 g/mol. The summed E-state index contributed by atoms with van der Waals surface area (Å²) in [6.07, 6.45) is 1.08. The van der Waals surface area contributed by atoms with E-state index in [1.165, 1.54) is 0 Å². The molecule has 0 aliphatic carbocycles. The minimum atomic E-state index is -0.437. The van der Waals surface area contributed by atoms with Gasteiger partial charge in [0, 0.05) is 24.1 Å². The van der Waals surface area contributed by atoms with E-state index in [9.17, 15) is 14.4 Å². The monoisotopic (exact) mass is 434 g/mol. The number of amides is 2. The first-order chi connectivity index (χ1) is 14.6. The van der Waals surface area contributed by atoms with E-state index in [1.807, 2.05) is 27.7 Å². The van der Waals surface area contributed by atoms with Gasteiger partial charge in [0.05, 0.1) is 26.2 Å². The van der Waals surface area contributed by atoms with Gasteiger partial charge in [-0.15, -0.1) is 0 Å². The van der Waals surface area contributed by atoms with Gasteiger partial charge in [0.2, 0.25) is 5.91 Å². The highest BCUT2D eigenvalue weighted by Gasteiger charge is 2.33. The van der Waals surface area contributed by atoms with Crippen LogP contribution in [0.2, 0.25) is 0 Å². The van der Waals surface area contributed by atoms with Crippen LogP contribution < -0.4 is 14.8 Å². The van der Waals surface area contributed by atoms with Crippen molar-refractivity contribution in [2.24, 2.45) is 11.3 Å². The van der Waals surface area contributed by atoms with Crippen LogP contribution in [0.25, 0.3) is 0 Å². The molecule has 2 rings (SSSR count). The normalized spacial score (nSPS) is 15.7. The zero-order valence-corrected chi connectivity index (χ0v) is 19.3. The van der Waals surface area contributed by atoms with Gasteiger partial charge in [-0.3, -0.25) is 14.4 Å². The number of nitrogens with one attached hydrogen (secondary N) is 1. The molecule has 31 heavy (non-hydrogen) atoms. The Balaban J connectivity index is 1.83. The lowest BCUT2D eigenvalue weighted by molar-refractivity contribution is -0.155. The van der Waals surface area contributed by atoms with Crippen LogP contribution in [0.15, 0.2) is 18.2 Å². The summed E-state index contributed by atoms with van der Waals surface area (Å²) in [5.41, 5.74) is 0.325. The molecule has 1 N–H and O–H groups in total. The van der Waals surface area contributed by atoms with Crippen molar-refractivity contribution in [2.75, 3.05) is 33.9 Å². The molecule has 0 saturated carbocycles. The number of benzene rings is 1. The summed E-state index contributed by atoms with van der Waals surface area (Å²) in [5.74, 6) is 0.269. The van der Waals surface area contributed by atoms with E-state index in [1.54, 1.807) is 37.3 Å². The number of nitrogens with zero attached hydrogens (tertiary/aromatic N) is 1. The second-order valence-corrected chi connectivity index (χ2v) is 8.82. The van der Waals surface area contributed by atoms with Crippen LogP contribution in [0, 0.1) is 11.3 Å². The first-order valence-corrected chi connectivity index (χ1v) is 10.5. The maximum absolute atomic E-state index is 12.4. The van der Waals surface area contributed by atoms with Gasteiger partial charge in [-0.25, -0.2) is 0 Å².